The summed E-state index contributed by atoms with van der Waals surface area (Å²) in [5, 5.41) is 29.9. The number of fused-ring (bicyclic) bond motifs is 1. The Labute approximate surface area is 148 Å². The van der Waals surface area contributed by atoms with Gasteiger partial charge in [0, 0.05) is 11.6 Å². The molecule has 26 heavy (non-hydrogen) atoms. The van der Waals surface area contributed by atoms with Crippen LogP contribution in [0.25, 0.3) is 22.3 Å². The molecular weight excluding hydrogens is 336 g/mol. The van der Waals surface area contributed by atoms with E-state index in [4.69, 9.17) is 9.15 Å². The third-order valence-electron chi connectivity index (χ3n) is 4.64. The number of aliphatic hydroxyl groups is 3. The molecule has 0 radical (unpaired) electrons. The van der Waals surface area contributed by atoms with Gasteiger partial charge in [0.2, 0.25) is 0 Å². The number of hydrogen-bond acceptors (Lipinski definition) is 6. The normalized spacial score (nSPS) is 26.1. The molecule has 6 heteroatoms. The average Bonchev–Trinajstić information content (AvgIpc) is 2.67. The second-order valence-corrected chi connectivity index (χ2v) is 6.40. The Bertz CT molecular complexity index is 981. The molecule has 0 spiro atoms. The van der Waals surface area contributed by atoms with Crippen molar-refractivity contribution in [3.8, 4) is 11.3 Å². The maximum absolute atomic E-state index is 12.6. The quantitative estimate of drug-likeness (QED) is 0.647. The van der Waals surface area contributed by atoms with Crippen molar-refractivity contribution in [2.75, 3.05) is 6.61 Å². The van der Waals surface area contributed by atoms with E-state index in [-0.39, 0.29) is 12.0 Å². The molecule has 4 rings (SSSR count). The monoisotopic (exact) mass is 354 g/mol. The van der Waals surface area contributed by atoms with Gasteiger partial charge in [-0.15, -0.1) is 0 Å². The fourth-order valence-corrected chi connectivity index (χ4v) is 3.20. The number of rotatable bonds is 2. The first-order valence-electron chi connectivity index (χ1n) is 8.33. The molecule has 1 aliphatic heterocycles. The summed E-state index contributed by atoms with van der Waals surface area (Å²) in [7, 11) is 0. The molecule has 0 bridgehead atoms. The first-order valence-corrected chi connectivity index (χ1v) is 8.33. The van der Waals surface area contributed by atoms with Gasteiger partial charge in [0.15, 0.2) is 5.43 Å². The molecule has 6 nitrogen and oxygen atoms in total. The van der Waals surface area contributed by atoms with Crippen LogP contribution in [0.5, 0.6) is 0 Å². The van der Waals surface area contributed by atoms with Crippen LogP contribution in [0.2, 0.25) is 0 Å². The van der Waals surface area contributed by atoms with Crippen molar-refractivity contribution < 1.29 is 24.5 Å². The summed E-state index contributed by atoms with van der Waals surface area (Å²) >= 11 is 0. The van der Waals surface area contributed by atoms with E-state index < -0.39 is 24.4 Å². The van der Waals surface area contributed by atoms with Crippen molar-refractivity contribution in [1.29, 1.82) is 0 Å². The molecule has 1 saturated heterocycles. The van der Waals surface area contributed by atoms with Crippen molar-refractivity contribution in [2.45, 2.75) is 24.4 Å². The second kappa shape index (κ2) is 6.66. The zero-order valence-electron chi connectivity index (χ0n) is 13.8. The Morgan fingerprint density at radius 3 is 2.46 bits per heavy atom. The van der Waals surface area contributed by atoms with Gasteiger partial charge < -0.3 is 24.5 Å². The Morgan fingerprint density at radius 2 is 1.69 bits per heavy atom. The highest BCUT2D eigenvalue weighted by atomic mass is 16.5. The first-order chi connectivity index (χ1) is 12.5. The van der Waals surface area contributed by atoms with Gasteiger partial charge in [0.25, 0.3) is 0 Å². The van der Waals surface area contributed by atoms with Crippen molar-refractivity contribution in [1.82, 2.24) is 0 Å². The lowest BCUT2D eigenvalue weighted by atomic mass is 9.94. The Morgan fingerprint density at radius 1 is 0.923 bits per heavy atom. The molecule has 134 valence electrons. The van der Waals surface area contributed by atoms with Gasteiger partial charge in [-0.3, -0.25) is 4.79 Å². The fraction of sp³-hybridized carbons (Fsp3) is 0.250. The van der Waals surface area contributed by atoms with Crippen LogP contribution in [0, 0.1) is 0 Å². The van der Waals surface area contributed by atoms with E-state index in [0.717, 1.165) is 5.56 Å². The van der Waals surface area contributed by atoms with E-state index in [1.807, 2.05) is 30.3 Å². The molecule has 0 aliphatic carbocycles. The highest BCUT2D eigenvalue weighted by molar-refractivity contribution is 5.79. The molecular formula is C20H18O6. The number of hydrogen-bond donors (Lipinski definition) is 3. The minimum atomic E-state index is -1.30. The van der Waals surface area contributed by atoms with Gasteiger partial charge in [-0.25, -0.2) is 0 Å². The van der Waals surface area contributed by atoms with Crippen LogP contribution in [0.15, 0.2) is 63.8 Å². The van der Waals surface area contributed by atoms with Crippen LogP contribution in [0.1, 0.15) is 11.7 Å². The van der Waals surface area contributed by atoms with E-state index in [0.29, 0.717) is 22.3 Å². The second-order valence-electron chi connectivity index (χ2n) is 6.40. The van der Waals surface area contributed by atoms with E-state index in [9.17, 15) is 20.1 Å². The lowest BCUT2D eigenvalue weighted by Crippen LogP contribution is -2.49. The minimum Gasteiger partial charge on any atom is -0.456 e. The van der Waals surface area contributed by atoms with Crippen LogP contribution in [-0.2, 0) is 4.74 Å². The summed E-state index contributed by atoms with van der Waals surface area (Å²) < 4.78 is 11.3. The van der Waals surface area contributed by atoms with E-state index in [1.165, 1.54) is 6.07 Å². The van der Waals surface area contributed by atoms with Crippen molar-refractivity contribution in [2.24, 2.45) is 0 Å². The van der Waals surface area contributed by atoms with Gasteiger partial charge in [-0.2, -0.15) is 0 Å². The molecule has 1 aliphatic rings. The SMILES string of the molecule is O=c1cc(-c2ccccc2)oc2ccc(C3OC[C@@H](O)[C@H](O)[C@H]3O)cc12. The van der Waals surface area contributed by atoms with E-state index >= 15 is 0 Å². The maximum Gasteiger partial charge on any atom is 0.193 e. The summed E-state index contributed by atoms with van der Waals surface area (Å²) in [4.78, 5) is 12.6. The predicted molar refractivity (Wildman–Crippen MR) is 94.6 cm³/mol. The average molecular weight is 354 g/mol. The van der Waals surface area contributed by atoms with Crippen LogP contribution >= 0.6 is 0 Å². The van der Waals surface area contributed by atoms with Crippen LogP contribution in [-0.4, -0.2) is 40.2 Å². The molecule has 1 fully saturated rings. The summed E-state index contributed by atoms with van der Waals surface area (Å²) in [6, 6.07) is 15.7. The van der Waals surface area contributed by atoms with Gasteiger partial charge in [-0.1, -0.05) is 36.4 Å². The third-order valence-corrected chi connectivity index (χ3v) is 4.64. The summed E-state index contributed by atoms with van der Waals surface area (Å²) in [5.74, 6) is 0.475. The molecule has 0 amide bonds. The van der Waals surface area contributed by atoms with Crippen molar-refractivity contribution in [3.63, 3.8) is 0 Å². The Balaban J connectivity index is 1.75. The first kappa shape index (κ1) is 16.9. The number of benzene rings is 2. The molecule has 3 N–H and O–H groups in total. The minimum absolute atomic E-state index is 0.0948. The predicted octanol–water partition coefficient (Wildman–Crippen LogP) is 1.61. The molecule has 4 atom stereocenters. The maximum atomic E-state index is 12.6. The van der Waals surface area contributed by atoms with Crippen LogP contribution in [0.3, 0.4) is 0 Å². The van der Waals surface area contributed by atoms with Crippen molar-refractivity contribution >= 4 is 11.0 Å². The molecule has 2 heterocycles. The fourth-order valence-electron chi connectivity index (χ4n) is 3.20. The van der Waals surface area contributed by atoms with Crippen LogP contribution < -0.4 is 5.43 Å². The van der Waals surface area contributed by atoms with Gasteiger partial charge in [-0.05, 0) is 17.7 Å². The highest BCUT2D eigenvalue weighted by Crippen LogP contribution is 2.31. The lowest BCUT2D eigenvalue weighted by molar-refractivity contribution is -0.189. The summed E-state index contributed by atoms with van der Waals surface area (Å²) in [5.41, 5.74) is 1.55. The number of aliphatic hydroxyl groups excluding tert-OH is 3. The zero-order chi connectivity index (χ0) is 18.3. The smallest absolute Gasteiger partial charge is 0.193 e. The van der Waals surface area contributed by atoms with Gasteiger partial charge in [0.05, 0.1) is 12.0 Å². The lowest BCUT2D eigenvalue weighted by Gasteiger charge is -2.35. The van der Waals surface area contributed by atoms with E-state index in [1.54, 1.807) is 18.2 Å². The molecule has 1 unspecified atom stereocenters. The van der Waals surface area contributed by atoms with E-state index in [2.05, 4.69) is 0 Å². The van der Waals surface area contributed by atoms with Gasteiger partial charge >= 0.3 is 0 Å². The standard InChI is InChI=1S/C20H18O6/c21-14-9-17(11-4-2-1-3-5-11)26-16-7-6-12(8-13(14)16)20-19(24)18(23)15(22)10-25-20/h1-9,15,18-20,22-24H,10H2/t15-,18+,19-,20?/m1/s1. The topological polar surface area (TPSA) is 100 Å². The van der Waals surface area contributed by atoms with Crippen molar-refractivity contribution in [3.05, 3.63) is 70.4 Å². The van der Waals surface area contributed by atoms with Crippen LogP contribution in [0.4, 0.5) is 0 Å². The van der Waals surface area contributed by atoms with Gasteiger partial charge in [0.1, 0.15) is 35.8 Å². The Kier molecular flexibility index (Phi) is 4.34. The Hall–Kier alpha value is -2.51. The number of ether oxygens (including phenoxy) is 1. The summed E-state index contributed by atoms with van der Waals surface area (Å²) in [6.07, 6.45) is -4.56. The largest absolute Gasteiger partial charge is 0.456 e. The summed E-state index contributed by atoms with van der Waals surface area (Å²) in [6.45, 7) is -0.0948. The highest BCUT2D eigenvalue weighted by Gasteiger charge is 2.38. The third kappa shape index (κ3) is 2.93. The molecule has 2 aromatic carbocycles. The molecule has 1 aromatic heterocycles. The molecule has 0 saturated carbocycles. The zero-order valence-corrected chi connectivity index (χ0v) is 13.8. The molecule has 3 aromatic rings.